The SMILES string of the molecule is C=CCC(Cc1cc(F)cc(Br)c1)NC. The molecule has 0 saturated carbocycles. The van der Waals surface area contributed by atoms with Gasteiger partial charge in [0.15, 0.2) is 0 Å². The molecule has 0 spiro atoms. The third kappa shape index (κ3) is 4.14. The normalized spacial score (nSPS) is 12.5. The lowest BCUT2D eigenvalue weighted by molar-refractivity contribution is 0.561. The molecule has 15 heavy (non-hydrogen) atoms. The van der Waals surface area contributed by atoms with Crippen LogP contribution >= 0.6 is 15.9 Å². The summed E-state index contributed by atoms with van der Waals surface area (Å²) in [6.07, 6.45) is 3.55. The van der Waals surface area contributed by atoms with Crippen molar-refractivity contribution in [2.75, 3.05) is 7.05 Å². The van der Waals surface area contributed by atoms with E-state index in [0.717, 1.165) is 22.9 Å². The van der Waals surface area contributed by atoms with E-state index in [2.05, 4.69) is 27.8 Å². The van der Waals surface area contributed by atoms with Gasteiger partial charge in [-0.3, -0.25) is 0 Å². The molecule has 1 aromatic rings. The number of nitrogens with one attached hydrogen (secondary N) is 1. The average Bonchev–Trinajstić information content (AvgIpc) is 2.15. The van der Waals surface area contributed by atoms with Gasteiger partial charge < -0.3 is 5.32 Å². The molecule has 0 aromatic heterocycles. The van der Waals surface area contributed by atoms with E-state index in [-0.39, 0.29) is 5.82 Å². The highest BCUT2D eigenvalue weighted by molar-refractivity contribution is 9.10. The maximum Gasteiger partial charge on any atom is 0.124 e. The van der Waals surface area contributed by atoms with Gasteiger partial charge in [0.1, 0.15) is 5.82 Å². The van der Waals surface area contributed by atoms with Crippen molar-refractivity contribution in [2.45, 2.75) is 18.9 Å². The Morgan fingerprint density at radius 2 is 2.27 bits per heavy atom. The fraction of sp³-hybridized carbons (Fsp3) is 0.333. The summed E-state index contributed by atoms with van der Waals surface area (Å²) in [6, 6.07) is 5.29. The van der Waals surface area contributed by atoms with Crippen molar-refractivity contribution in [3.63, 3.8) is 0 Å². The monoisotopic (exact) mass is 271 g/mol. The Morgan fingerprint density at radius 1 is 1.53 bits per heavy atom. The zero-order chi connectivity index (χ0) is 11.3. The van der Waals surface area contributed by atoms with Gasteiger partial charge in [-0.25, -0.2) is 4.39 Å². The predicted octanol–water partition coefficient (Wildman–Crippen LogP) is 3.29. The highest BCUT2D eigenvalue weighted by Crippen LogP contribution is 2.16. The van der Waals surface area contributed by atoms with Crippen molar-refractivity contribution < 1.29 is 4.39 Å². The van der Waals surface area contributed by atoms with Crippen LogP contribution in [0.2, 0.25) is 0 Å². The largest absolute Gasteiger partial charge is 0.316 e. The molecule has 0 aliphatic heterocycles. The maximum absolute atomic E-state index is 13.1. The number of benzene rings is 1. The van der Waals surface area contributed by atoms with Crippen LogP contribution in [0.5, 0.6) is 0 Å². The minimum Gasteiger partial charge on any atom is -0.316 e. The van der Waals surface area contributed by atoms with Crippen LogP contribution in [0.1, 0.15) is 12.0 Å². The molecular formula is C12H15BrFN. The molecule has 1 rings (SSSR count). The van der Waals surface area contributed by atoms with Crippen LogP contribution in [-0.4, -0.2) is 13.1 Å². The minimum atomic E-state index is -0.201. The standard InChI is InChI=1S/C12H15BrFN/c1-3-4-12(15-2)7-9-5-10(13)8-11(14)6-9/h3,5-6,8,12,15H,1,4,7H2,2H3. The molecule has 1 aromatic carbocycles. The highest BCUT2D eigenvalue weighted by Gasteiger charge is 2.06. The van der Waals surface area contributed by atoms with Crippen molar-refractivity contribution in [1.82, 2.24) is 5.32 Å². The zero-order valence-corrected chi connectivity index (χ0v) is 10.3. The Balaban J connectivity index is 2.73. The summed E-state index contributed by atoms with van der Waals surface area (Å²) in [5.74, 6) is -0.201. The molecule has 3 heteroatoms. The summed E-state index contributed by atoms with van der Waals surface area (Å²) in [6.45, 7) is 3.70. The van der Waals surface area contributed by atoms with Gasteiger partial charge in [0.2, 0.25) is 0 Å². The summed E-state index contributed by atoms with van der Waals surface area (Å²) in [7, 11) is 1.91. The van der Waals surface area contributed by atoms with Gasteiger partial charge in [0, 0.05) is 10.5 Å². The highest BCUT2D eigenvalue weighted by atomic mass is 79.9. The second kappa shape index (κ2) is 6.03. The maximum atomic E-state index is 13.1. The van der Waals surface area contributed by atoms with Gasteiger partial charge in [0.25, 0.3) is 0 Å². The van der Waals surface area contributed by atoms with Crippen molar-refractivity contribution >= 4 is 15.9 Å². The van der Waals surface area contributed by atoms with E-state index in [1.165, 1.54) is 6.07 Å². The third-order valence-corrected chi connectivity index (χ3v) is 2.72. The number of rotatable bonds is 5. The molecular weight excluding hydrogens is 257 g/mol. The number of halogens is 2. The Hall–Kier alpha value is -0.670. The number of hydrogen-bond acceptors (Lipinski definition) is 1. The van der Waals surface area contributed by atoms with Crippen LogP contribution in [-0.2, 0) is 6.42 Å². The molecule has 0 aliphatic rings. The van der Waals surface area contributed by atoms with E-state index in [4.69, 9.17) is 0 Å². The van der Waals surface area contributed by atoms with E-state index in [0.29, 0.717) is 6.04 Å². The summed E-state index contributed by atoms with van der Waals surface area (Å²) in [5.41, 5.74) is 0.989. The van der Waals surface area contributed by atoms with Crippen molar-refractivity contribution in [2.24, 2.45) is 0 Å². The molecule has 1 atom stereocenters. The fourth-order valence-electron chi connectivity index (χ4n) is 1.52. The molecule has 1 N–H and O–H groups in total. The van der Waals surface area contributed by atoms with E-state index < -0.39 is 0 Å². The molecule has 1 nitrogen and oxygen atoms in total. The summed E-state index contributed by atoms with van der Waals surface area (Å²) in [4.78, 5) is 0. The second-order valence-electron chi connectivity index (χ2n) is 3.49. The molecule has 0 saturated heterocycles. The second-order valence-corrected chi connectivity index (χ2v) is 4.41. The van der Waals surface area contributed by atoms with E-state index in [9.17, 15) is 4.39 Å². The van der Waals surface area contributed by atoms with Gasteiger partial charge in [-0.15, -0.1) is 6.58 Å². The predicted molar refractivity (Wildman–Crippen MR) is 65.5 cm³/mol. The van der Waals surface area contributed by atoms with Gasteiger partial charge in [-0.1, -0.05) is 22.0 Å². The van der Waals surface area contributed by atoms with Crippen LogP contribution in [0, 0.1) is 5.82 Å². The first-order chi connectivity index (χ1) is 7.15. The molecule has 0 bridgehead atoms. The van der Waals surface area contributed by atoms with Gasteiger partial charge in [-0.2, -0.15) is 0 Å². The molecule has 0 radical (unpaired) electrons. The Morgan fingerprint density at radius 3 is 2.80 bits per heavy atom. The summed E-state index contributed by atoms with van der Waals surface area (Å²) >= 11 is 3.28. The first-order valence-electron chi connectivity index (χ1n) is 4.89. The van der Waals surface area contributed by atoms with Gasteiger partial charge in [-0.05, 0) is 43.7 Å². The van der Waals surface area contributed by atoms with E-state index >= 15 is 0 Å². The van der Waals surface area contributed by atoms with Crippen LogP contribution in [0.25, 0.3) is 0 Å². The molecule has 0 fully saturated rings. The molecule has 0 amide bonds. The van der Waals surface area contributed by atoms with E-state index in [1.807, 2.05) is 19.2 Å². The van der Waals surface area contributed by atoms with Crippen LogP contribution in [0.4, 0.5) is 4.39 Å². The van der Waals surface area contributed by atoms with Crippen molar-refractivity contribution in [3.8, 4) is 0 Å². The van der Waals surface area contributed by atoms with Crippen molar-refractivity contribution in [3.05, 3.63) is 46.7 Å². The lowest BCUT2D eigenvalue weighted by Crippen LogP contribution is -2.26. The Labute approximate surface area is 98.5 Å². The summed E-state index contributed by atoms with van der Waals surface area (Å²) < 4.78 is 13.9. The minimum absolute atomic E-state index is 0.201. The lowest BCUT2D eigenvalue weighted by atomic mass is 10.0. The zero-order valence-electron chi connectivity index (χ0n) is 8.76. The smallest absolute Gasteiger partial charge is 0.124 e. The quantitative estimate of drug-likeness (QED) is 0.811. The Kier molecular flexibility index (Phi) is 4.99. The first kappa shape index (κ1) is 12.4. The van der Waals surface area contributed by atoms with Gasteiger partial charge >= 0.3 is 0 Å². The van der Waals surface area contributed by atoms with Crippen LogP contribution < -0.4 is 5.32 Å². The molecule has 0 heterocycles. The topological polar surface area (TPSA) is 12.0 Å². The number of likely N-dealkylation sites (N-methyl/N-ethyl adjacent to an activating group) is 1. The van der Waals surface area contributed by atoms with Crippen LogP contribution in [0.3, 0.4) is 0 Å². The Bertz CT molecular complexity index is 318. The van der Waals surface area contributed by atoms with Crippen molar-refractivity contribution in [1.29, 1.82) is 0 Å². The van der Waals surface area contributed by atoms with Gasteiger partial charge in [0.05, 0.1) is 0 Å². The van der Waals surface area contributed by atoms with E-state index in [1.54, 1.807) is 6.07 Å². The first-order valence-corrected chi connectivity index (χ1v) is 5.68. The fourth-order valence-corrected chi connectivity index (χ4v) is 2.03. The average molecular weight is 272 g/mol. The third-order valence-electron chi connectivity index (χ3n) is 2.26. The summed E-state index contributed by atoms with van der Waals surface area (Å²) in [5, 5.41) is 3.18. The molecule has 82 valence electrons. The lowest BCUT2D eigenvalue weighted by Gasteiger charge is -2.14. The van der Waals surface area contributed by atoms with Crippen LogP contribution in [0.15, 0.2) is 35.3 Å². The molecule has 1 unspecified atom stereocenters. The number of hydrogen-bond donors (Lipinski definition) is 1. The molecule has 0 aliphatic carbocycles.